The van der Waals surface area contributed by atoms with E-state index >= 15 is 0 Å². The minimum Gasteiger partial charge on any atom is -0.462 e. The number of esters is 1. The largest absolute Gasteiger partial charge is 0.462 e. The number of ether oxygens (including phenoxy) is 2. The standard InChI is InChI=1S/C24H24N4O4S/c1-3-31-22(29)19-15-20(26-21(19)27-23(33)28-24(30)32-4-2)17-12-13-25-18(14-17)11-10-16-8-6-5-7-9-16/h5-15,26H,3-4H2,1-2H3,(H2,27,28,30,33)/b11-10+. The summed E-state index contributed by atoms with van der Waals surface area (Å²) in [6.45, 7) is 3.83. The van der Waals surface area contributed by atoms with Crippen LogP contribution in [0.1, 0.15) is 35.5 Å². The van der Waals surface area contributed by atoms with Gasteiger partial charge in [-0.1, -0.05) is 36.4 Å². The monoisotopic (exact) mass is 464 g/mol. The molecule has 1 aromatic carbocycles. The molecule has 0 aliphatic heterocycles. The van der Waals surface area contributed by atoms with E-state index in [1.165, 1.54) is 0 Å². The molecule has 0 fully saturated rings. The van der Waals surface area contributed by atoms with E-state index in [0.717, 1.165) is 16.8 Å². The lowest BCUT2D eigenvalue weighted by Crippen LogP contribution is -2.35. The summed E-state index contributed by atoms with van der Waals surface area (Å²) in [7, 11) is 0. The molecule has 170 valence electrons. The lowest BCUT2D eigenvalue weighted by Gasteiger charge is -2.09. The van der Waals surface area contributed by atoms with Crippen molar-refractivity contribution in [1.82, 2.24) is 15.3 Å². The fourth-order valence-electron chi connectivity index (χ4n) is 2.94. The van der Waals surface area contributed by atoms with E-state index in [2.05, 4.69) is 20.6 Å². The number of hydrogen-bond acceptors (Lipinski definition) is 6. The van der Waals surface area contributed by atoms with Gasteiger partial charge in [0.25, 0.3) is 0 Å². The predicted molar refractivity (Wildman–Crippen MR) is 132 cm³/mol. The summed E-state index contributed by atoms with van der Waals surface area (Å²) in [4.78, 5) is 31.6. The molecule has 0 spiro atoms. The SMILES string of the molecule is CCOC(=O)NC(=S)Nc1[nH]c(-c2ccnc(/C=C/c3ccccc3)c2)cc1C(=O)OCC. The number of rotatable bonds is 7. The number of amides is 1. The van der Waals surface area contributed by atoms with Crippen molar-refractivity contribution in [2.24, 2.45) is 0 Å². The van der Waals surface area contributed by atoms with Crippen molar-refractivity contribution in [3.05, 3.63) is 71.5 Å². The molecule has 3 aromatic rings. The van der Waals surface area contributed by atoms with E-state index in [1.54, 1.807) is 26.1 Å². The minimum absolute atomic E-state index is 0.0198. The highest BCUT2D eigenvalue weighted by Gasteiger charge is 2.19. The van der Waals surface area contributed by atoms with Crippen molar-refractivity contribution in [2.75, 3.05) is 18.5 Å². The number of hydrogen-bond donors (Lipinski definition) is 3. The summed E-state index contributed by atoms with van der Waals surface area (Å²) < 4.78 is 9.97. The Bertz CT molecular complexity index is 1160. The van der Waals surface area contributed by atoms with Crippen LogP contribution in [0.2, 0.25) is 0 Å². The Kier molecular flexibility index (Phi) is 8.31. The third-order valence-corrected chi connectivity index (χ3v) is 4.58. The number of carbonyl (C=O) groups excluding carboxylic acids is 2. The summed E-state index contributed by atoms with van der Waals surface area (Å²) in [5, 5.41) is 5.19. The molecule has 33 heavy (non-hydrogen) atoms. The Morgan fingerprint density at radius 1 is 1.06 bits per heavy atom. The summed E-state index contributed by atoms with van der Waals surface area (Å²) in [6, 6.07) is 15.3. The highest BCUT2D eigenvalue weighted by molar-refractivity contribution is 7.80. The number of anilines is 1. The number of nitrogens with zero attached hydrogens (tertiary/aromatic N) is 1. The van der Waals surface area contributed by atoms with Crippen LogP contribution in [0.4, 0.5) is 10.6 Å². The Morgan fingerprint density at radius 3 is 2.55 bits per heavy atom. The maximum absolute atomic E-state index is 12.5. The van der Waals surface area contributed by atoms with Crippen molar-refractivity contribution in [2.45, 2.75) is 13.8 Å². The fraction of sp³-hybridized carbons (Fsp3) is 0.167. The van der Waals surface area contributed by atoms with Crippen LogP contribution in [0.5, 0.6) is 0 Å². The molecule has 9 heteroatoms. The van der Waals surface area contributed by atoms with Gasteiger partial charge >= 0.3 is 12.1 Å². The Hall–Kier alpha value is -3.98. The highest BCUT2D eigenvalue weighted by atomic mass is 32.1. The van der Waals surface area contributed by atoms with Gasteiger partial charge in [0.2, 0.25) is 0 Å². The second-order valence-electron chi connectivity index (χ2n) is 6.71. The molecule has 1 amide bonds. The number of thiocarbonyl (C=S) groups is 1. The zero-order valence-corrected chi connectivity index (χ0v) is 19.1. The van der Waals surface area contributed by atoms with E-state index in [-0.39, 0.29) is 23.9 Å². The normalized spacial score (nSPS) is 10.6. The Balaban J connectivity index is 1.86. The summed E-state index contributed by atoms with van der Waals surface area (Å²) in [5.74, 6) is -0.233. The Labute approximate surface area is 197 Å². The van der Waals surface area contributed by atoms with Crippen LogP contribution in [0.3, 0.4) is 0 Å². The first kappa shape index (κ1) is 23.7. The van der Waals surface area contributed by atoms with Crippen molar-refractivity contribution in [3.8, 4) is 11.3 Å². The van der Waals surface area contributed by atoms with Crippen molar-refractivity contribution in [1.29, 1.82) is 0 Å². The van der Waals surface area contributed by atoms with Gasteiger partial charge < -0.3 is 19.8 Å². The number of nitrogens with one attached hydrogen (secondary N) is 3. The molecule has 2 aromatic heterocycles. The molecular formula is C24H24N4O4S. The van der Waals surface area contributed by atoms with Crippen LogP contribution in [0.15, 0.2) is 54.7 Å². The van der Waals surface area contributed by atoms with Gasteiger partial charge in [-0.15, -0.1) is 0 Å². The number of pyridine rings is 1. The van der Waals surface area contributed by atoms with Crippen LogP contribution in [0, 0.1) is 0 Å². The molecule has 3 N–H and O–H groups in total. The molecule has 0 aliphatic carbocycles. The number of carbonyl (C=O) groups is 2. The number of benzene rings is 1. The molecule has 2 heterocycles. The van der Waals surface area contributed by atoms with Gasteiger partial charge in [-0.25, -0.2) is 9.59 Å². The zero-order chi connectivity index (χ0) is 23.6. The average molecular weight is 465 g/mol. The topological polar surface area (TPSA) is 105 Å². The maximum atomic E-state index is 12.5. The van der Waals surface area contributed by atoms with Gasteiger partial charge in [0.1, 0.15) is 11.4 Å². The average Bonchev–Trinajstić information content (AvgIpc) is 3.22. The zero-order valence-electron chi connectivity index (χ0n) is 18.3. The molecule has 0 radical (unpaired) electrons. The van der Waals surface area contributed by atoms with Crippen LogP contribution in [0.25, 0.3) is 23.4 Å². The third-order valence-electron chi connectivity index (χ3n) is 4.38. The van der Waals surface area contributed by atoms with Gasteiger partial charge in [0.15, 0.2) is 5.11 Å². The van der Waals surface area contributed by atoms with E-state index in [9.17, 15) is 9.59 Å². The number of aromatic nitrogens is 2. The number of H-pyrrole nitrogens is 1. The van der Waals surface area contributed by atoms with E-state index in [0.29, 0.717) is 11.5 Å². The minimum atomic E-state index is -0.691. The highest BCUT2D eigenvalue weighted by Crippen LogP contribution is 2.26. The quantitative estimate of drug-likeness (QED) is 0.338. The van der Waals surface area contributed by atoms with Crippen LogP contribution >= 0.6 is 12.2 Å². The second-order valence-corrected chi connectivity index (χ2v) is 7.11. The molecule has 0 unspecified atom stereocenters. The molecule has 3 rings (SSSR count). The van der Waals surface area contributed by atoms with E-state index in [1.807, 2.05) is 54.6 Å². The number of aromatic amines is 1. The lowest BCUT2D eigenvalue weighted by molar-refractivity contribution is 0.0528. The predicted octanol–water partition coefficient (Wildman–Crippen LogP) is 4.87. The first-order valence-corrected chi connectivity index (χ1v) is 10.8. The number of alkyl carbamates (subject to hydrolysis) is 1. The molecule has 0 saturated heterocycles. The molecule has 0 saturated carbocycles. The van der Waals surface area contributed by atoms with Crippen LogP contribution < -0.4 is 10.6 Å². The smallest absolute Gasteiger partial charge is 0.413 e. The Morgan fingerprint density at radius 2 is 1.82 bits per heavy atom. The van der Waals surface area contributed by atoms with Gasteiger partial charge in [-0.3, -0.25) is 10.3 Å². The van der Waals surface area contributed by atoms with Crippen molar-refractivity contribution >= 4 is 47.4 Å². The molecule has 0 bridgehead atoms. The summed E-state index contributed by atoms with van der Waals surface area (Å²) in [5.41, 5.74) is 3.51. The maximum Gasteiger partial charge on any atom is 0.413 e. The van der Waals surface area contributed by atoms with Gasteiger partial charge in [-0.05, 0) is 55.9 Å². The van der Waals surface area contributed by atoms with Crippen LogP contribution in [-0.2, 0) is 9.47 Å². The fourth-order valence-corrected chi connectivity index (χ4v) is 3.12. The second kappa shape index (κ2) is 11.6. The third kappa shape index (κ3) is 6.75. The van der Waals surface area contributed by atoms with Gasteiger partial charge in [0, 0.05) is 17.5 Å². The van der Waals surface area contributed by atoms with Crippen molar-refractivity contribution < 1.29 is 19.1 Å². The molecule has 0 aliphatic rings. The van der Waals surface area contributed by atoms with Crippen molar-refractivity contribution in [3.63, 3.8) is 0 Å². The molecular weight excluding hydrogens is 440 g/mol. The lowest BCUT2D eigenvalue weighted by atomic mass is 10.1. The first-order valence-electron chi connectivity index (χ1n) is 10.3. The summed E-state index contributed by atoms with van der Waals surface area (Å²) >= 11 is 5.15. The molecule has 0 atom stereocenters. The molecule has 8 nitrogen and oxygen atoms in total. The first-order chi connectivity index (χ1) is 16.0. The summed E-state index contributed by atoms with van der Waals surface area (Å²) in [6.07, 6.45) is 4.87. The van der Waals surface area contributed by atoms with E-state index < -0.39 is 12.1 Å². The van der Waals surface area contributed by atoms with Gasteiger partial charge in [-0.2, -0.15) is 0 Å². The van der Waals surface area contributed by atoms with Gasteiger partial charge in [0.05, 0.1) is 18.9 Å². The van der Waals surface area contributed by atoms with Crippen LogP contribution in [-0.4, -0.2) is 40.4 Å². The van der Waals surface area contributed by atoms with E-state index in [4.69, 9.17) is 21.7 Å².